The Bertz CT molecular complexity index is 1730. The number of anilines is 4. The van der Waals surface area contributed by atoms with Crippen molar-refractivity contribution in [2.45, 2.75) is 0 Å². The van der Waals surface area contributed by atoms with Crippen molar-refractivity contribution in [3.8, 4) is 22.5 Å². The maximum atomic E-state index is 5.77. The van der Waals surface area contributed by atoms with Crippen LogP contribution in [0.1, 0.15) is 0 Å². The summed E-state index contributed by atoms with van der Waals surface area (Å²) < 4.78 is 0. The fourth-order valence-electron chi connectivity index (χ4n) is 3.70. The summed E-state index contributed by atoms with van der Waals surface area (Å²) in [4.78, 5) is 25.6. The quantitative estimate of drug-likeness (QED) is 0.216. The molecular formula is C23H19N13. The monoisotopic (exact) mass is 477 g/mol. The van der Waals surface area contributed by atoms with E-state index < -0.39 is 0 Å². The molecule has 0 fully saturated rings. The van der Waals surface area contributed by atoms with Gasteiger partial charge >= 0.3 is 0 Å². The molecule has 0 spiro atoms. The Morgan fingerprint density at radius 2 is 1.42 bits per heavy atom. The molecule has 13 heteroatoms. The highest BCUT2D eigenvalue weighted by Gasteiger charge is 2.13. The van der Waals surface area contributed by atoms with Crippen molar-refractivity contribution in [1.29, 1.82) is 0 Å². The number of aromatic amines is 3. The molecule has 0 amide bonds. The summed E-state index contributed by atoms with van der Waals surface area (Å²) in [5.41, 5.74) is 16.0. The summed E-state index contributed by atoms with van der Waals surface area (Å²) in [5.74, 6) is 1.68. The summed E-state index contributed by atoms with van der Waals surface area (Å²) in [6.45, 7) is 0. The summed E-state index contributed by atoms with van der Waals surface area (Å²) in [6, 6.07) is 7.19. The molecule has 0 atom stereocenters. The second-order valence-electron chi connectivity index (χ2n) is 7.81. The molecule has 176 valence electrons. The molecule has 0 aliphatic carbocycles. The predicted octanol–water partition coefficient (Wildman–Crippen LogP) is 2.67. The van der Waals surface area contributed by atoms with Gasteiger partial charge in [0.2, 0.25) is 0 Å². The van der Waals surface area contributed by atoms with E-state index in [2.05, 4.69) is 50.6 Å². The first-order chi connectivity index (χ1) is 17.7. The fourth-order valence-corrected chi connectivity index (χ4v) is 3.70. The minimum atomic E-state index is 0.442. The molecule has 0 saturated carbocycles. The Morgan fingerprint density at radius 1 is 0.722 bits per heavy atom. The third kappa shape index (κ3) is 3.86. The second-order valence-corrected chi connectivity index (χ2v) is 7.81. The van der Waals surface area contributed by atoms with E-state index in [1.165, 1.54) is 6.33 Å². The highest BCUT2D eigenvalue weighted by Crippen LogP contribution is 2.29. The molecule has 0 saturated heterocycles. The number of nitrogen functional groups attached to an aromatic ring is 2. The van der Waals surface area contributed by atoms with Gasteiger partial charge in [-0.15, -0.1) is 0 Å². The second kappa shape index (κ2) is 8.64. The van der Waals surface area contributed by atoms with E-state index in [0.29, 0.717) is 45.7 Å². The van der Waals surface area contributed by atoms with Crippen LogP contribution in [-0.2, 0) is 0 Å². The molecule has 0 bridgehead atoms. The summed E-state index contributed by atoms with van der Waals surface area (Å²) >= 11 is 0. The molecule has 6 rings (SSSR count). The number of hydrogen-bond donors (Lipinski definition) is 6. The molecule has 0 aromatic carbocycles. The zero-order chi connectivity index (χ0) is 24.5. The van der Waals surface area contributed by atoms with Crippen molar-refractivity contribution < 1.29 is 0 Å². The van der Waals surface area contributed by atoms with Gasteiger partial charge < -0.3 is 21.8 Å². The highest BCUT2D eigenvalue weighted by atomic mass is 15.2. The van der Waals surface area contributed by atoms with Crippen LogP contribution in [0.3, 0.4) is 0 Å². The van der Waals surface area contributed by atoms with Gasteiger partial charge in [-0.25, -0.2) is 15.0 Å². The molecule has 8 N–H and O–H groups in total. The van der Waals surface area contributed by atoms with E-state index in [9.17, 15) is 0 Å². The molecule has 6 aromatic heterocycles. The maximum absolute atomic E-state index is 5.77. The van der Waals surface area contributed by atoms with Gasteiger partial charge in [-0.3, -0.25) is 20.2 Å². The van der Waals surface area contributed by atoms with Crippen LogP contribution in [0, 0.1) is 0 Å². The van der Waals surface area contributed by atoms with Crippen molar-refractivity contribution in [3.63, 3.8) is 0 Å². The lowest BCUT2D eigenvalue weighted by Crippen LogP contribution is -2.04. The van der Waals surface area contributed by atoms with Crippen LogP contribution < -0.4 is 22.3 Å². The first-order valence-electron chi connectivity index (χ1n) is 10.8. The van der Waals surface area contributed by atoms with Crippen LogP contribution in [0.5, 0.6) is 0 Å². The van der Waals surface area contributed by atoms with Crippen molar-refractivity contribution in [2.24, 2.45) is 4.99 Å². The standard InChI is InChI=1S/C23H19N13/c24-12-1-3-18(27-5-12)16-9-31-35-22(16)33-20-14-7-26-8-15(14)21(30-11-29-20)34-23-17(10-32-36-23)19-4-2-13(25)6-28-19/h1-11,26H,24-25H2,(H3,29,30,31,32,33,34,35,36). The number of rotatable bonds is 5. The lowest BCUT2D eigenvalue weighted by molar-refractivity contribution is 1.05. The first kappa shape index (κ1) is 21.0. The average molecular weight is 477 g/mol. The normalized spacial score (nSPS) is 11.7. The Balaban J connectivity index is 1.41. The number of H-pyrrole nitrogens is 3. The van der Waals surface area contributed by atoms with Crippen LogP contribution in [0.2, 0.25) is 0 Å². The van der Waals surface area contributed by atoms with Gasteiger partial charge in [0.1, 0.15) is 18.0 Å². The number of hydrogen-bond acceptors (Lipinski definition) is 10. The molecule has 6 heterocycles. The first-order valence-corrected chi connectivity index (χ1v) is 10.8. The summed E-state index contributed by atoms with van der Waals surface area (Å²) in [7, 11) is 0. The third-order valence-electron chi connectivity index (χ3n) is 5.45. The van der Waals surface area contributed by atoms with Crippen LogP contribution >= 0.6 is 0 Å². The topological polar surface area (TPSA) is 201 Å². The van der Waals surface area contributed by atoms with Crippen molar-refractivity contribution in [2.75, 3.05) is 16.8 Å². The molecule has 0 aliphatic heterocycles. The van der Waals surface area contributed by atoms with Crippen molar-refractivity contribution >= 4 is 39.6 Å². The van der Waals surface area contributed by atoms with Crippen LogP contribution in [0.4, 0.5) is 28.8 Å². The largest absolute Gasteiger partial charge is 0.397 e. The summed E-state index contributed by atoms with van der Waals surface area (Å²) in [5, 5.41) is 19.0. The fraction of sp³-hybridized carbons (Fsp3) is 0. The van der Waals surface area contributed by atoms with Gasteiger partial charge in [0.05, 0.1) is 58.7 Å². The lowest BCUT2D eigenvalue weighted by Gasteiger charge is -2.05. The van der Waals surface area contributed by atoms with E-state index in [4.69, 9.17) is 16.5 Å². The highest BCUT2D eigenvalue weighted by molar-refractivity contribution is 5.92. The Morgan fingerprint density at radius 3 is 2.17 bits per heavy atom. The molecule has 36 heavy (non-hydrogen) atoms. The van der Waals surface area contributed by atoms with Gasteiger partial charge in [0, 0.05) is 23.2 Å². The molecule has 0 aliphatic rings. The number of pyridine rings is 2. The molecule has 13 nitrogen and oxygen atoms in total. The van der Waals surface area contributed by atoms with E-state index in [-0.39, 0.29) is 0 Å². The molecular weight excluding hydrogens is 458 g/mol. The van der Waals surface area contributed by atoms with Crippen molar-refractivity contribution in [1.82, 2.24) is 45.3 Å². The van der Waals surface area contributed by atoms with E-state index in [1.54, 1.807) is 43.1 Å². The minimum Gasteiger partial charge on any atom is -0.397 e. The van der Waals surface area contributed by atoms with E-state index in [0.717, 1.165) is 21.9 Å². The van der Waals surface area contributed by atoms with Gasteiger partial charge in [-0.1, -0.05) is 0 Å². The smallest absolute Gasteiger partial charge is 0.165 e. The number of nitrogens with zero attached hydrogens (tertiary/aromatic N) is 7. The van der Waals surface area contributed by atoms with Crippen LogP contribution in [-0.4, -0.2) is 45.3 Å². The van der Waals surface area contributed by atoms with Gasteiger partial charge in [0.15, 0.2) is 11.3 Å². The van der Waals surface area contributed by atoms with Crippen molar-refractivity contribution in [3.05, 3.63) is 73.3 Å². The molecule has 0 radical (unpaired) electrons. The number of nitrogens with one attached hydrogen (secondary N) is 4. The average Bonchev–Trinajstić information content (AvgIpc) is 3.63. The zero-order valence-corrected chi connectivity index (χ0v) is 18.6. The minimum absolute atomic E-state index is 0.442. The summed E-state index contributed by atoms with van der Waals surface area (Å²) in [6.07, 6.45) is 11.6. The number of nitrogens with two attached hydrogens (primary N) is 2. The number of aromatic nitrogens is 9. The van der Waals surface area contributed by atoms with E-state index in [1.807, 2.05) is 18.3 Å². The van der Waals surface area contributed by atoms with Crippen LogP contribution in [0.15, 0.2) is 72.8 Å². The van der Waals surface area contributed by atoms with Crippen LogP contribution in [0.25, 0.3) is 33.3 Å². The maximum Gasteiger partial charge on any atom is 0.165 e. The molecule has 6 aromatic rings. The third-order valence-corrected chi connectivity index (χ3v) is 5.45. The SMILES string of the molecule is Nc1ccc(-c2cn[nH]c2/N=c2\ncnc(Nc3[nH]ncc3-c3ccc(N)cn3)c3c[nH]cc23)nc1. The number of fused-ring (bicyclic) bond motifs is 1. The Labute approximate surface area is 202 Å². The van der Waals surface area contributed by atoms with Gasteiger partial charge in [0.25, 0.3) is 0 Å². The van der Waals surface area contributed by atoms with E-state index >= 15 is 0 Å². The zero-order valence-electron chi connectivity index (χ0n) is 18.6. The Kier molecular flexibility index (Phi) is 5.04. The van der Waals surface area contributed by atoms with Gasteiger partial charge in [-0.2, -0.15) is 10.2 Å². The van der Waals surface area contributed by atoms with Gasteiger partial charge in [-0.05, 0) is 24.3 Å². The molecule has 0 unspecified atom stereocenters. The lowest BCUT2D eigenvalue weighted by atomic mass is 10.2. The Hall–Kier alpha value is -5.59. The predicted molar refractivity (Wildman–Crippen MR) is 135 cm³/mol.